The standard InChI is InChI=1S/C21H24N4O3S/c1-4-28-18-12-8-16(9-13-18)22-21(26)20-19(23-24-25(20)14-29-5-2)15-6-10-17(27-3)11-7-15/h6-13H,4-5,14H2,1-3H3,(H,22,26). The zero-order chi connectivity index (χ0) is 20.6. The summed E-state index contributed by atoms with van der Waals surface area (Å²) in [7, 11) is 1.61. The summed E-state index contributed by atoms with van der Waals surface area (Å²) >= 11 is 1.67. The second-order valence-corrected chi connectivity index (χ2v) is 7.29. The van der Waals surface area contributed by atoms with Gasteiger partial charge in [-0.2, -0.15) is 0 Å². The molecule has 0 aliphatic rings. The molecule has 0 atom stereocenters. The Balaban J connectivity index is 1.89. The largest absolute Gasteiger partial charge is 0.497 e. The Morgan fingerprint density at radius 2 is 1.76 bits per heavy atom. The number of nitrogens with one attached hydrogen (secondary N) is 1. The number of hydrogen-bond acceptors (Lipinski definition) is 6. The summed E-state index contributed by atoms with van der Waals surface area (Å²) in [4.78, 5) is 13.1. The fraction of sp³-hybridized carbons (Fsp3) is 0.286. The van der Waals surface area contributed by atoms with E-state index in [2.05, 4.69) is 22.6 Å². The SMILES string of the molecule is CCOc1ccc(NC(=O)c2c(-c3ccc(OC)cc3)nnn2CSCC)cc1. The second-order valence-electron chi connectivity index (χ2n) is 6.05. The normalized spacial score (nSPS) is 10.6. The topological polar surface area (TPSA) is 78.3 Å². The van der Waals surface area contributed by atoms with Gasteiger partial charge in [-0.1, -0.05) is 12.1 Å². The third kappa shape index (κ3) is 5.08. The van der Waals surface area contributed by atoms with Crippen molar-refractivity contribution < 1.29 is 14.3 Å². The molecule has 0 saturated carbocycles. The molecule has 0 unspecified atom stereocenters. The molecule has 1 amide bonds. The lowest BCUT2D eigenvalue weighted by Gasteiger charge is -2.10. The van der Waals surface area contributed by atoms with Crippen molar-refractivity contribution in [1.29, 1.82) is 0 Å². The number of rotatable bonds is 9. The van der Waals surface area contributed by atoms with Crippen molar-refractivity contribution in [3.8, 4) is 22.8 Å². The second kappa shape index (κ2) is 9.97. The highest BCUT2D eigenvalue weighted by Gasteiger charge is 2.22. The number of thioether (sulfide) groups is 1. The summed E-state index contributed by atoms with van der Waals surface area (Å²) in [6.07, 6.45) is 0. The predicted molar refractivity (Wildman–Crippen MR) is 116 cm³/mol. The maximum Gasteiger partial charge on any atom is 0.276 e. The molecule has 1 N–H and O–H groups in total. The van der Waals surface area contributed by atoms with Gasteiger partial charge in [0, 0.05) is 11.3 Å². The van der Waals surface area contributed by atoms with Gasteiger partial charge in [0.2, 0.25) is 0 Å². The highest BCUT2D eigenvalue weighted by molar-refractivity contribution is 7.98. The van der Waals surface area contributed by atoms with E-state index in [0.29, 0.717) is 29.6 Å². The van der Waals surface area contributed by atoms with Crippen molar-refractivity contribution >= 4 is 23.4 Å². The minimum atomic E-state index is -0.262. The van der Waals surface area contributed by atoms with Gasteiger partial charge in [-0.3, -0.25) is 4.79 Å². The van der Waals surface area contributed by atoms with E-state index in [4.69, 9.17) is 9.47 Å². The highest BCUT2D eigenvalue weighted by atomic mass is 32.2. The molecule has 1 heterocycles. The number of carbonyl (C=O) groups excluding carboxylic acids is 1. The Hall–Kier alpha value is -3.00. The Bertz CT molecular complexity index is 940. The molecule has 0 fully saturated rings. The van der Waals surface area contributed by atoms with E-state index in [0.717, 1.165) is 22.8 Å². The number of carbonyl (C=O) groups is 1. The molecule has 1 aromatic heterocycles. The average molecular weight is 413 g/mol. The van der Waals surface area contributed by atoms with E-state index < -0.39 is 0 Å². The van der Waals surface area contributed by atoms with Crippen molar-refractivity contribution in [1.82, 2.24) is 15.0 Å². The minimum Gasteiger partial charge on any atom is -0.497 e. The van der Waals surface area contributed by atoms with E-state index in [1.807, 2.05) is 55.5 Å². The Morgan fingerprint density at radius 1 is 1.07 bits per heavy atom. The van der Waals surface area contributed by atoms with E-state index in [1.54, 1.807) is 23.6 Å². The van der Waals surface area contributed by atoms with Crippen LogP contribution in [0.4, 0.5) is 5.69 Å². The van der Waals surface area contributed by atoms with Gasteiger partial charge in [-0.15, -0.1) is 16.9 Å². The first kappa shape index (κ1) is 20.7. The van der Waals surface area contributed by atoms with Crippen molar-refractivity contribution in [2.24, 2.45) is 0 Å². The summed E-state index contributed by atoms with van der Waals surface area (Å²) in [5.74, 6) is 2.70. The lowest BCUT2D eigenvalue weighted by atomic mass is 10.1. The van der Waals surface area contributed by atoms with Crippen molar-refractivity contribution in [2.75, 3.05) is 24.8 Å². The number of anilines is 1. The molecule has 2 aromatic carbocycles. The summed E-state index contributed by atoms with van der Waals surface area (Å²) in [6, 6.07) is 14.7. The van der Waals surface area contributed by atoms with Crippen LogP contribution in [0.25, 0.3) is 11.3 Å². The first-order chi connectivity index (χ1) is 14.2. The van der Waals surface area contributed by atoms with Gasteiger partial charge in [-0.25, -0.2) is 4.68 Å². The third-order valence-electron chi connectivity index (χ3n) is 4.15. The van der Waals surface area contributed by atoms with Crippen LogP contribution in [-0.4, -0.2) is 40.4 Å². The molecule has 7 nitrogen and oxygen atoms in total. The molecule has 152 valence electrons. The monoisotopic (exact) mass is 412 g/mol. The molecule has 0 bridgehead atoms. The van der Waals surface area contributed by atoms with Crippen molar-refractivity contribution in [2.45, 2.75) is 19.7 Å². The molecule has 0 saturated heterocycles. The summed E-state index contributed by atoms with van der Waals surface area (Å²) < 4.78 is 12.3. The van der Waals surface area contributed by atoms with Crippen LogP contribution in [0.1, 0.15) is 24.3 Å². The molecular weight excluding hydrogens is 388 g/mol. The number of hydrogen-bond donors (Lipinski definition) is 1. The number of amides is 1. The molecule has 8 heteroatoms. The number of nitrogens with zero attached hydrogens (tertiary/aromatic N) is 3. The fourth-order valence-electron chi connectivity index (χ4n) is 2.74. The van der Waals surface area contributed by atoms with Crippen molar-refractivity contribution in [3.63, 3.8) is 0 Å². The maximum atomic E-state index is 13.1. The zero-order valence-electron chi connectivity index (χ0n) is 16.7. The number of ether oxygens (including phenoxy) is 2. The van der Waals surface area contributed by atoms with Gasteiger partial charge in [-0.05, 0) is 61.2 Å². The Kier molecular flexibility index (Phi) is 7.13. The molecule has 0 spiro atoms. The van der Waals surface area contributed by atoms with Crippen LogP contribution < -0.4 is 14.8 Å². The first-order valence-electron chi connectivity index (χ1n) is 9.36. The zero-order valence-corrected chi connectivity index (χ0v) is 17.5. The maximum absolute atomic E-state index is 13.1. The van der Waals surface area contributed by atoms with Gasteiger partial charge in [0.25, 0.3) is 5.91 Å². The van der Waals surface area contributed by atoms with Crippen LogP contribution in [0.2, 0.25) is 0 Å². The van der Waals surface area contributed by atoms with Gasteiger partial charge in [0.05, 0.1) is 19.6 Å². The molecule has 3 rings (SSSR count). The van der Waals surface area contributed by atoms with Gasteiger partial charge in [0.1, 0.15) is 17.2 Å². The smallest absolute Gasteiger partial charge is 0.276 e. The lowest BCUT2D eigenvalue weighted by Crippen LogP contribution is -2.18. The van der Waals surface area contributed by atoms with E-state index in [-0.39, 0.29) is 5.91 Å². The first-order valence-corrected chi connectivity index (χ1v) is 10.5. The molecule has 0 aliphatic heterocycles. The van der Waals surface area contributed by atoms with Crippen LogP contribution in [0.15, 0.2) is 48.5 Å². The predicted octanol–water partition coefficient (Wildman–Crippen LogP) is 4.32. The number of aromatic nitrogens is 3. The average Bonchev–Trinajstić information content (AvgIpc) is 3.18. The number of benzene rings is 2. The summed E-state index contributed by atoms with van der Waals surface area (Å²) in [5.41, 5.74) is 2.43. The van der Waals surface area contributed by atoms with Crippen LogP contribution in [-0.2, 0) is 5.88 Å². The van der Waals surface area contributed by atoms with Crippen LogP contribution in [0.3, 0.4) is 0 Å². The molecule has 3 aromatic rings. The lowest BCUT2D eigenvalue weighted by molar-refractivity contribution is 0.101. The minimum absolute atomic E-state index is 0.262. The molecular formula is C21H24N4O3S. The van der Waals surface area contributed by atoms with Crippen LogP contribution in [0, 0.1) is 0 Å². The fourth-order valence-corrected chi connectivity index (χ4v) is 3.28. The Labute approximate surface area is 174 Å². The molecule has 0 aliphatic carbocycles. The molecule has 29 heavy (non-hydrogen) atoms. The van der Waals surface area contributed by atoms with Crippen molar-refractivity contribution in [3.05, 3.63) is 54.2 Å². The summed E-state index contributed by atoms with van der Waals surface area (Å²) in [5, 5.41) is 11.4. The van der Waals surface area contributed by atoms with E-state index in [9.17, 15) is 4.79 Å². The molecule has 0 radical (unpaired) electrons. The van der Waals surface area contributed by atoms with Gasteiger partial charge >= 0.3 is 0 Å². The summed E-state index contributed by atoms with van der Waals surface area (Å²) in [6.45, 7) is 4.58. The third-order valence-corrected chi connectivity index (χ3v) is 4.99. The number of methoxy groups -OCH3 is 1. The highest BCUT2D eigenvalue weighted by Crippen LogP contribution is 2.26. The van der Waals surface area contributed by atoms with Crippen LogP contribution in [0.5, 0.6) is 11.5 Å². The van der Waals surface area contributed by atoms with E-state index >= 15 is 0 Å². The van der Waals surface area contributed by atoms with Gasteiger partial charge in [0.15, 0.2) is 5.69 Å². The van der Waals surface area contributed by atoms with E-state index in [1.165, 1.54) is 0 Å². The van der Waals surface area contributed by atoms with Crippen LogP contribution >= 0.6 is 11.8 Å². The van der Waals surface area contributed by atoms with Gasteiger partial charge < -0.3 is 14.8 Å². The Morgan fingerprint density at radius 3 is 2.38 bits per heavy atom. The quantitative estimate of drug-likeness (QED) is 0.564.